The SMILES string of the molecule is Cc1ccccc1CCNC(=O)CCBr. The molecule has 0 atom stereocenters. The standard InChI is InChI=1S/C12H16BrNO/c1-10-4-2-3-5-11(10)7-9-14-12(15)6-8-13/h2-5H,6-9H2,1H3,(H,14,15). The number of aryl methyl sites for hydroxylation is 1. The molecule has 0 radical (unpaired) electrons. The third kappa shape index (κ3) is 4.47. The number of rotatable bonds is 5. The molecular formula is C12H16BrNO. The summed E-state index contributed by atoms with van der Waals surface area (Å²) in [5.41, 5.74) is 2.59. The number of hydrogen-bond acceptors (Lipinski definition) is 1. The van der Waals surface area contributed by atoms with Gasteiger partial charge >= 0.3 is 0 Å². The van der Waals surface area contributed by atoms with Gasteiger partial charge in [0.1, 0.15) is 0 Å². The van der Waals surface area contributed by atoms with Crippen LogP contribution >= 0.6 is 15.9 Å². The third-order valence-electron chi connectivity index (χ3n) is 2.30. The van der Waals surface area contributed by atoms with Gasteiger partial charge in [-0.1, -0.05) is 40.2 Å². The monoisotopic (exact) mass is 269 g/mol. The largest absolute Gasteiger partial charge is 0.356 e. The van der Waals surface area contributed by atoms with Gasteiger partial charge in [-0.2, -0.15) is 0 Å². The minimum atomic E-state index is 0.112. The van der Waals surface area contributed by atoms with Crippen LogP contribution in [0.2, 0.25) is 0 Å². The van der Waals surface area contributed by atoms with Crippen molar-refractivity contribution < 1.29 is 4.79 Å². The first kappa shape index (κ1) is 12.2. The van der Waals surface area contributed by atoms with Crippen molar-refractivity contribution >= 4 is 21.8 Å². The lowest BCUT2D eigenvalue weighted by Crippen LogP contribution is -2.25. The van der Waals surface area contributed by atoms with Gasteiger partial charge < -0.3 is 5.32 Å². The molecule has 0 aromatic heterocycles. The van der Waals surface area contributed by atoms with E-state index in [0.29, 0.717) is 6.42 Å². The number of benzene rings is 1. The molecule has 0 spiro atoms. The van der Waals surface area contributed by atoms with Gasteiger partial charge in [-0.3, -0.25) is 4.79 Å². The molecule has 0 aliphatic carbocycles. The molecule has 1 aromatic rings. The van der Waals surface area contributed by atoms with Crippen molar-refractivity contribution in [1.29, 1.82) is 0 Å². The van der Waals surface area contributed by atoms with Crippen LogP contribution in [0.3, 0.4) is 0 Å². The van der Waals surface area contributed by atoms with Gasteiger partial charge in [0.05, 0.1) is 0 Å². The van der Waals surface area contributed by atoms with Crippen molar-refractivity contribution in [3.8, 4) is 0 Å². The highest BCUT2D eigenvalue weighted by molar-refractivity contribution is 9.09. The average Bonchev–Trinajstić information content (AvgIpc) is 2.21. The van der Waals surface area contributed by atoms with Gasteiger partial charge in [-0.25, -0.2) is 0 Å². The quantitative estimate of drug-likeness (QED) is 0.818. The van der Waals surface area contributed by atoms with Gasteiger partial charge in [-0.15, -0.1) is 0 Å². The molecule has 0 bridgehead atoms. The highest BCUT2D eigenvalue weighted by Gasteiger charge is 2.00. The van der Waals surface area contributed by atoms with E-state index in [2.05, 4.69) is 40.3 Å². The Hall–Kier alpha value is -0.830. The van der Waals surface area contributed by atoms with Crippen LogP contribution in [0.5, 0.6) is 0 Å². The highest BCUT2D eigenvalue weighted by atomic mass is 79.9. The Balaban J connectivity index is 2.32. The summed E-state index contributed by atoms with van der Waals surface area (Å²) in [5, 5.41) is 3.62. The van der Waals surface area contributed by atoms with E-state index < -0.39 is 0 Å². The zero-order chi connectivity index (χ0) is 11.1. The number of halogens is 1. The first-order valence-corrected chi connectivity index (χ1v) is 6.23. The molecule has 1 rings (SSSR count). The molecule has 15 heavy (non-hydrogen) atoms. The average molecular weight is 270 g/mol. The molecule has 1 amide bonds. The number of carbonyl (C=O) groups excluding carboxylic acids is 1. The molecule has 3 heteroatoms. The summed E-state index contributed by atoms with van der Waals surface area (Å²) in [6, 6.07) is 8.26. The van der Waals surface area contributed by atoms with E-state index in [4.69, 9.17) is 0 Å². The highest BCUT2D eigenvalue weighted by Crippen LogP contribution is 2.06. The van der Waals surface area contributed by atoms with Crippen molar-refractivity contribution in [2.24, 2.45) is 0 Å². The Bertz CT molecular complexity index is 325. The third-order valence-corrected chi connectivity index (χ3v) is 2.70. The summed E-state index contributed by atoms with van der Waals surface area (Å²) < 4.78 is 0. The molecule has 1 aromatic carbocycles. The fourth-order valence-electron chi connectivity index (χ4n) is 1.40. The van der Waals surface area contributed by atoms with Gasteiger partial charge in [0.25, 0.3) is 0 Å². The molecule has 0 aliphatic rings. The van der Waals surface area contributed by atoms with Crippen LogP contribution in [0.15, 0.2) is 24.3 Å². The second-order valence-corrected chi connectivity index (χ2v) is 4.26. The van der Waals surface area contributed by atoms with E-state index in [1.807, 2.05) is 12.1 Å². The molecule has 1 N–H and O–H groups in total. The summed E-state index contributed by atoms with van der Waals surface area (Å²) in [7, 11) is 0. The number of amides is 1. The Kier molecular flexibility index (Phi) is 5.40. The van der Waals surface area contributed by atoms with Crippen molar-refractivity contribution in [2.75, 3.05) is 11.9 Å². The fraction of sp³-hybridized carbons (Fsp3) is 0.417. The van der Waals surface area contributed by atoms with Gasteiger partial charge in [-0.05, 0) is 24.5 Å². The van der Waals surface area contributed by atoms with Crippen molar-refractivity contribution in [3.05, 3.63) is 35.4 Å². The Morgan fingerprint density at radius 2 is 2.13 bits per heavy atom. The maximum absolute atomic E-state index is 11.2. The Labute approximate surface area is 99.2 Å². The lowest BCUT2D eigenvalue weighted by molar-refractivity contribution is -0.120. The number of alkyl halides is 1. The first-order chi connectivity index (χ1) is 7.24. The molecule has 0 saturated carbocycles. The topological polar surface area (TPSA) is 29.1 Å². The molecule has 0 fully saturated rings. The Morgan fingerprint density at radius 1 is 1.40 bits per heavy atom. The van der Waals surface area contributed by atoms with Crippen LogP contribution in [0.1, 0.15) is 17.5 Å². The molecule has 0 heterocycles. The molecule has 0 unspecified atom stereocenters. The maximum Gasteiger partial charge on any atom is 0.220 e. The lowest BCUT2D eigenvalue weighted by atomic mass is 10.1. The van der Waals surface area contributed by atoms with Crippen LogP contribution in [0, 0.1) is 6.92 Å². The second kappa shape index (κ2) is 6.62. The number of hydrogen-bond donors (Lipinski definition) is 1. The summed E-state index contributed by atoms with van der Waals surface area (Å²) in [6.45, 7) is 2.81. The van der Waals surface area contributed by atoms with E-state index in [-0.39, 0.29) is 5.91 Å². The van der Waals surface area contributed by atoms with E-state index in [9.17, 15) is 4.79 Å². The minimum absolute atomic E-state index is 0.112. The van der Waals surface area contributed by atoms with E-state index >= 15 is 0 Å². The summed E-state index contributed by atoms with van der Waals surface area (Å²) >= 11 is 3.24. The van der Waals surface area contributed by atoms with Crippen LogP contribution in [0.4, 0.5) is 0 Å². The van der Waals surface area contributed by atoms with E-state index in [1.165, 1.54) is 11.1 Å². The predicted octanol–water partition coefficient (Wildman–Crippen LogP) is 2.44. The van der Waals surface area contributed by atoms with Crippen LogP contribution in [-0.2, 0) is 11.2 Å². The van der Waals surface area contributed by atoms with E-state index in [1.54, 1.807) is 0 Å². The Morgan fingerprint density at radius 3 is 2.80 bits per heavy atom. The minimum Gasteiger partial charge on any atom is -0.356 e. The number of nitrogens with one attached hydrogen (secondary N) is 1. The van der Waals surface area contributed by atoms with Gasteiger partial charge in [0.2, 0.25) is 5.91 Å². The first-order valence-electron chi connectivity index (χ1n) is 5.11. The van der Waals surface area contributed by atoms with Gasteiger partial charge in [0.15, 0.2) is 0 Å². The second-order valence-electron chi connectivity index (χ2n) is 3.47. The number of carbonyl (C=O) groups is 1. The van der Waals surface area contributed by atoms with Crippen LogP contribution in [0.25, 0.3) is 0 Å². The summed E-state index contributed by atoms with van der Waals surface area (Å²) in [6.07, 6.45) is 1.45. The van der Waals surface area contributed by atoms with Crippen LogP contribution < -0.4 is 5.32 Å². The molecule has 2 nitrogen and oxygen atoms in total. The molecule has 82 valence electrons. The van der Waals surface area contributed by atoms with Crippen LogP contribution in [-0.4, -0.2) is 17.8 Å². The van der Waals surface area contributed by atoms with Crippen molar-refractivity contribution in [1.82, 2.24) is 5.32 Å². The van der Waals surface area contributed by atoms with Gasteiger partial charge in [0, 0.05) is 18.3 Å². The van der Waals surface area contributed by atoms with Crippen molar-refractivity contribution in [2.45, 2.75) is 19.8 Å². The van der Waals surface area contributed by atoms with Crippen molar-refractivity contribution in [3.63, 3.8) is 0 Å². The molecular weight excluding hydrogens is 254 g/mol. The fourth-order valence-corrected chi connectivity index (χ4v) is 1.76. The zero-order valence-electron chi connectivity index (χ0n) is 8.92. The summed E-state index contributed by atoms with van der Waals surface area (Å²) in [5.74, 6) is 0.112. The normalized spacial score (nSPS) is 10.0. The smallest absolute Gasteiger partial charge is 0.220 e. The van der Waals surface area contributed by atoms with E-state index in [0.717, 1.165) is 18.3 Å². The molecule has 0 saturated heterocycles. The zero-order valence-corrected chi connectivity index (χ0v) is 10.5. The predicted molar refractivity (Wildman–Crippen MR) is 66.3 cm³/mol. The maximum atomic E-state index is 11.2. The summed E-state index contributed by atoms with van der Waals surface area (Å²) in [4.78, 5) is 11.2. The molecule has 0 aliphatic heterocycles. The lowest BCUT2D eigenvalue weighted by Gasteiger charge is -2.06.